The maximum absolute atomic E-state index is 12.6. The summed E-state index contributed by atoms with van der Waals surface area (Å²) in [6.07, 6.45) is 2.78. The second-order valence-corrected chi connectivity index (χ2v) is 8.61. The summed E-state index contributed by atoms with van der Waals surface area (Å²) < 4.78 is 16.1. The van der Waals surface area contributed by atoms with E-state index in [1.807, 2.05) is 42.5 Å². The lowest BCUT2D eigenvalue weighted by molar-refractivity contribution is -0.146. The van der Waals surface area contributed by atoms with Crippen LogP contribution in [0.2, 0.25) is 0 Å². The molecule has 1 saturated carbocycles. The van der Waals surface area contributed by atoms with Crippen molar-refractivity contribution >= 4 is 11.9 Å². The van der Waals surface area contributed by atoms with Crippen LogP contribution in [-0.2, 0) is 22.4 Å². The number of carbonyl (C=O) groups is 2. The van der Waals surface area contributed by atoms with Crippen molar-refractivity contribution in [3.05, 3.63) is 71.3 Å². The molecule has 2 atom stereocenters. The van der Waals surface area contributed by atoms with Crippen molar-refractivity contribution in [1.82, 2.24) is 5.32 Å². The van der Waals surface area contributed by atoms with Gasteiger partial charge in [0.2, 0.25) is 0 Å². The molecule has 2 aromatic rings. The summed E-state index contributed by atoms with van der Waals surface area (Å²) in [5, 5.41) is 2.96. The van der Waals surface area contributed by atoms with Gasteiger partial charge in [0.05, 0.1) is 26.2 Å². The summed E-state index contributed by atoms with van der Waals surface area (Å²) in [5.74, 6) is 1.32. The van der Waals surface area contributed by atoms with E-state index < -0.39 is 5.41 Å². The summed E-state index contributed by atoms with van der Waals surface area (Å²) in [6, 6.07) is 13.2. The molecule has 32 heavy (non-hydrogen) atoms. The van der Waals surface area contributed by atoms with Gasteiger partial charge >= 0.3 is 5.97 Å². The molecule has 2 unspecified atom stereocenters. The molecular weight excluding hydrogens is 406 g/mol. The highest BCUT2D eigenvalue weighted by Gasteiger charge is 2.55. The lowest BCUT2D eigenvalue weighted by atomic mass is 9.75. The van der Waals surface area contributed by atoms with Gasteiger partial charge < -0.3 is 19.5 Å². The van der Waals surface area contributed by atoms with Gasteiger partial charge in [0.1, 0.15) is 0 Å². The highest BCUT2D eigenvalue weighted by atomic mass is 16.5. The van der Waals surface area contributed by atoms with Crippen molar-refractivity contribution in [2.75, 3.05) is 27.4 Å². The van der Waals surface area contributed by atoms with Gasteiger partial charge in [-0.25, -0.2) is 0 Å². The number of cyclic esters (lactones) is 1. The second kappa shape index (κ2) is 9.07. The molecule has 4 rings (SSSR count). The van der Waals surface area contributed by atoms with Crippen LogP contribution < -0.4 is 14.8 Å². The number of allylic oxidation sites excluding steroid dienone is 1. The van der Waals surface area contributed by atoms with Gasteiger partial charge in [0.15, 0.2) is 11.5 Å². The molecule has 0 aromatic heterocycles. The molecule has 2 aromatic carbocycles. The normalized spacial score (nSPS) is 21.8. The van der Waals surface area contributed by atoms with Crippen LogP contribution in [0.25, 0.3) is 0 Å². The Balaban J connectivity index is 1.36. The van der Waals surface area contributed by atoms with Crippen LogP contribution in [0.3, 0.4) is 0 Å². The third-order valence-corrected chi connectivity index (χ3v) is 6.60. The van der Waals surface area contributed by atoms with E-state index in [4.69, 9.17) is 14.2 Å². The zero-order valence-electron chi connectivity index (χ0n) is 18.6. The number of fused-ring (bicyclic) bond motifs is 1. The maximum atomic E-state index is 12.6. The number of hydrogen-bond donors (Lipinski definition) is 1. The fourth-order valence-corrected chi connectivity index (χ4v) is 4.96. The van der Waals surface area contributed by atoms with Crippen molar-refractivity contribution in [2.24, 2.45) is 11.3 Å². The summed E-state index contributed by atoms with van der Waals surface area (Å²) in [6.45, 7) is 5.05. The highest BCUT2D eigenvalue weighted by Crippen LogP contribution is 2.52. The van der Waals surface area contributed by atoms with E-state index >= 15 is 0 Å². The number of amides is 1. The molecule has 1 saturated heterocycles. The van der Waals surface area contributed by atoms with Crippen molar-refractivity contribution in [1.29, 1.82) is 0 Å². The first-order chi connectivity index (χ1) is 15.5. The minimum absolute atomic E-state index is 0.115. The van der Waals surface area contributed by atoms with Crippen LogP contribution >= 0.6 is 0 Å². The maximum Gasteiger partial charge on any atom is 0.313 e. The van der Waals surface area contributed by atoms with Crippen LogP contribution in [0.5, 0.6) is 11.5 Å². The molecule has 0 bridgehead atoms. The van der Waals surface area contributed by atoms with E-state index in [9.17, 15) is 9.59 Å². The molecule has 1 aliphatic carbocycles. The molecule has 2 aliphatic rings. The van der Waals surface area contributed by atoms with Crippen molar-refractivity contribution in [2.45, 2.75) is 25.7 Å². The Bertz CT molecular complexity index is 1030. The quantitative estimate of drug-likeness (QED) is 0.505. The monoisotopic (exact) mass is 435 g/mol. The van der Waals surface area contributed by atoms with Crippen molar-refractivity contribution < 1.29 is 23.8 Å². The Morgan fingerprint density at radius 1 is 1.19 bits per heavy atom. The predicted octanol–water partition coefficient (Wildman–Crippen LogP) is 3.73. The van der Waals surface area contributed by atoms with Gasteiger partial charge in [-0.05, 0) is 55.0 Å². The number of nitrogens with one attached hydrogen (secondary N) is 1. The van der Waals surface area contributed by atoms with Gasteiger partial charge in [-0.1, -0.05) is 36.4 Å². The van der Waals surface area contributed by atoms with Crippen LogP contribution in [-0.4, -0.2) is 39.2 Å². The third-order valence-electron chi connectivity index (χ3n) is 6.60. The van der Waals surface area contributed by atoms with Gasteiger partial charge in [0.25, 0.3) is 5.91 Å². The van der Waals surface area contributed by atoms with E-state index in [1.165, 1.54) is 0 Å². The van der Waals surface area contributed by atoms with Gasteiger partial charge in [-0.2, -0.15) is 0 Å². The number of methoxy groups -OCH3 is 2. The Hall–Kier alpha value is -3.28. The molecule has 0 spiro atoms. The average Bonchev–Trinajstić information content (AvgIpc) is 3.27. The summed E-state index contributed by atoms with van der Waals surface area (Å²) in [4.78, 5) is 25.1. The number of para-hydroxylation sites is 1. The summed E-state index contributed by atoms with van der Waals surface area (Å²) in [7, 11) is 3.21. The van der Waals surface area contributed by atoms with Crippen LogP contribution in [0.4, 0.5) is 0 Å². The standard InChI is InChI=1S/C26H29NO5/c1-17-13-21-16-32-25(29)26(21,14-17)15-18-7-9-20(10-8-18)24(28)27-12-11-19-5-4-6-22(30-2)23(19)31-3/h4-10,21H,1,11-16H2,2-3H3,(H,27,28). The molecule has 1 N–H and O–H groups in total. The fraction of sp³-hybridized carbons (Fsp3) is 0.385. The molecule has 0 radical (unpaired) electrons. The minimum atomic E-state index is -0.489. The van der Waals surface area contributed by atoms with Crippen molar-refractivity contribution in [3.8, 4) is 11.5 Å². The molecule has 1 amide bonds. The number of carbonyl (C=O) groups excluding carboxylic acids is 2. The second-order valence-electron chi connectivity index (χ2n) is 8.61. The van der Waals surface area contributed by atoms with Crippen LogP contribution in [0.15, 0.2) is 54.6 Å². The SMILES string of the molecule is C=C1CC2COC(=O)C2(Cc2ccc(C(=O)NCCc3cccc(OC)c3OC)cc2)C1. The number of ether oxygens (including phenoxy) is 3. The molecule has 1 heterocycles. The molecule has 6 heteroatoms. The molecule has 2 fully saturated rings. The number of esters is 1. The molecule has 6 nitrogen and oxygen atoms in total. The zero-order chi connectivity index (χ0) is 22.7. The lowest BCUT2D eigenvalue weighted by Gasteiger charge is -2.24. The van der Waals surface area contributed by atoms with Gasteiger partial charge in [-0.3, -0.25) is 9.59 Å². The van der Waals surface area contributed by atoms with Gasteiger partial charge in [-0.15, -0.1) is 0 Å². The number of rotatable bonds is 8. The third kappa shape index (κ3) is 4.09. The van der Waals surface area contributed by atoms with E-state index in [1.54, 1.807) is 14.2 Å². The van der Waals surface area contributed by atoms with E-state index in [0.29, 0.717) is 49.5 Å². The fourth-order valence-electron chi connectivity index (χ4n) is 4.96. The first-order valence-corrected chi connectivity index (χ1v) is 10.9. The minimum Gasteiger partial charge on any atom is -0.493 e. The molecular formula is C26H29NO5. The van der Waals surface area contributed by atoms with E-state index in [0.717, 1.165) is 23.1 Å². The topological polar surface area (TPSA) is 73.9 Å². The largest absolute Gasteiger partial charge is 0.493 e. The smallest absolute Gasteiger partial charge is 0.313 e. The average molecular weight is 436 g/mol. The highest BCUT2D eigenvalue weighted by molar-refractivity contribution is 5.94. The first-order valence-electron chi connectivity index (χ1n) is 10.9. The lowest BCUT2D eigenvalue weighted by Crippen LogP contribution is -2.31. The Morgan fingerprint density at radius 3 is 2.69 bits per heavy atom. The van der Waals surface area contributed by atoms with Crippen LogP contribution in [0.1, 0.15) is 34.3 Å². The summed E-state index contributed by atoms with van der Waals surface area (Å²) >= 11 is 0. The Morgan fingerprint density at radius 2 is 1.97 bits per heavy atom. The van der Waals surface area contributed by atoms with E-state index in [-0.39, 0.29) is 17.8 Å². The zero-order valence-corrected chi connectivity index (χ0v) is 18.6. The Labute approximate surface area is 188 Å². The first kappa shape index (κ1) is 21.9. The van der Waals surface area contributed by atoms with Crippen molar-refractivity contribution in [3.63, 3.8) is 0 Å². The molecule has 1 aliphatic heterocycles. The molecule has 168 valence electrons. The number of benzene rings is 2. The number of hydrogen-bond acceptors (Lipinski definition) is 5. The summed E-state index contributed by atoms with van der Waals surface area (Å²) in [5.41, 5.74) is 3.22. The van der Waals surface area contributed by atoms with Gasteiger partial charge in [0, 0.05) is 18.0 Å². The van der Waals surface area contributed by atoms with Crippen LogP contribution in [0, 0.1) is 11.3 Å². The van der Waals surface area contributed by atoms with E-state index in [2.05, 4.69) is 11.9 Å². The Kier molecular flexibility index (Phi) is 6.21. The predicted molar refractivity (Wildman–Crippen MR) is 121 cm³/mol.